The van der Waals surface area contributed by atoms with Crippen LogP contribution in [0, 0.1) is 5.82 Å². The summed E-state index contributed by atoms with van der Waals surface area (Å²) in [5.74, 6) is 0.0154. The number of halogens is 1. The lowest BCUT2D eigenvalue weighted by Gasteiger charge is -2.24. The fraction of sp³-hybridized carbons (Fsp3) is 0.429. The second-order valence-electron chi connectivity index (χ2n) is 5.01. The molecule has 1 heteroatoms. The fourth-order valence-corrected chi connectivity index (χ4v) is 1.72. The molecule has 1 aromatic carbocycles. The average molecular weight is 206 g/mol. The van der Waals surface area contributed by atoms with Crippen LogP contribution in [-0.4, -0.2) is 0 Å². The van der Waals surface area contributed by atoms with Crippen molar-refractivity contribution in [2.24, 2.45) is 0 Å². The maximum absolute atomic E-state index is 13.2. The van der Waals surface area contributed by atoms with E-state index in [-0.39, 0.29) is 17.2 Å². The molecule has 0 N–H and O–H groups in total. The van der Waals surface area contributed by atoms with Crippen LogP contribution in [0.1, 0.15) is 44.7 Å². The largest absolute Gasteiger partial charge is 0.207 e. The Morgan fingerprint density at radius 3 is 2.40 bits per heavy atom. The number of hydrogen-bond donors (Lipinski definition) is 0. The minimum absolute atomic E-state index is 0.0420. The van der Waals surface area contributed by atoms with Gasteiger partial charge in [0.25, 0.3) is 0 Å². The standard InChI is InChI=1S/C14H19F/c1-6-10(2)12-9-11(15)7-8-13(12)14(3,4)5/h6-10H,1H2,2-5H3. The topological polar surface area (TPSA) is 0 Å². The van der Waals surface area contributed by atoms with E-state index in [2.05, 4.69) is 27.4 Å². The molecule has 0 heterocycles. The van der Waals surface area contributed by atoms with Crippen LogP contribution in [0.15, 0.2) is 30.9 Å². The summed E-state index contributed by atoms with van der Waals surface area (Å²) in [6.07, 6.45) is 1.85. The molecule has 0 saturated heterocycles. The van der Waals surface area contributed by atoms with Crippen LogP contribution in [-0.2, 0) is 5.41 Å². The Bertz CT molecular complexity index is 358. The lowest BCUT2D eigenvalue weighted by molar-refractivity contribution is 0.571. The Labute approximate surface area is 91.8 Å². The Balaban J connectivity index is 3.33. The molecular formula is C14H19F. The van der Waals surface area contributed by atoms with Gasteiger partial charge in [-0.15, -0.1) is 6.58 Å². The summed E-state index contributed by atoms with van der Waals surface area (Å²) in [5, 5.41) is 0. The van der Waals surface area contributed by atoms with Gasteiger partial charge in [-0.25, -0.2) is 4.39 Å². The second-order valence-corrected chi connectivity index (χ2v) is 5.01. The van der Waals surface area contributed by atoms with Crippen LogP contribution in [0.5, 0.6) is 0 Å². The van der Waals surface area contributed by atoms with Gasteiger partial charge in [-0.2, -0.15) is 0 Å². The minimum Gasteiger partial charge on any atom is -0.207 e. The van der Waals surface area contributed by atoms with Crippen LogP contribution >= 0.6 is 0 Å². The summed E-state index contributed by atoms with van der Waals surface area (Å²) in [7, 11) is 0. The first-order valence-corrected chi connectivity index (χ1v) is 5.28. The van der Waals surface area contributed by atoms with E-state index in [1.54, 1.807) is 6.07 Å². The first kappa shape index (κ1) is 12.0. The highest BCUT2D eigenvalue weighted by molar-refractivity contribution is 5.37. The summed E-state index contributed by atoms with van der Waals surface area (Å²) in [6, 6.07) is 5.03. The quantitative estimate of drug-likeness (QED) is 0.629. The molecule has 82 valence electrons. The van der Waals surface area contributed by atoms with Gasteiger partial charge in [0.1, 0.15) is 5.82 Å². The van der Waals surface area contributed by atoms with Crippen LogP contribution in [0.2, 0.25) is 0 Å². The summed E-state index contributed by atoms with van der Waals surface area (Å²) in [4.78, 5) is 0. The Hall–Kier alpha value is -1.11. The third kappa shape index (κ3) is 2.68. The van der Waals surface area contributed by atoms with E-state index in [1.165, 1.54) is 11.6 Å². The van der Waals surface area contributed by atoms with Gasteiger partial charge in [-0.1, -0.05) is 39.8 Å². The van der Waals surface area contributed by atoms with Gasteiger partial charge < -0.3 is 0 Å². The summed E-state index contributed by atoms with van der Waals surface area (Å²) < 4.78 is 13.2. The number of benzene rings is 1. The monoisotopic (exact) mass is 206 g/mol. The van der Waals surface area contributed by atoms with Gasteiger partial charge in [0.2, 0.25) is 0 Å². The molecule has 1 unspecified atom stereocenters. The van der Waals surface area contributed by atoms with E-state index in [4.69, 9.17) is 0 Å². The summed E-state index contributed by atoms with van der Waals surface area (Å²) >= 11 is 0. The van der Waals surface area contributed by atoms with Crippen molar-refractivity contribution in [3.63, 3.8) is 0 Å². The van der Waals surface area contributed by atoms with Crippen LogP contribution < -0.4 is 0 Å². The fourth-order valence-electron chi connectivity index (χ4n) is 1.72. The van der Waals surface area contributed by atoms with Gasteiger partial charge in [-0.05, 0) is 34.6 Å². The molecule has 0 radical (unpaired) electrons. The predicted molar refractivity (Wildman–Crippen MR) is 63.7 cm³/mol. The van der Waals surface area contributed by atoms with E-state index in [0.29, 0.717) is 0 Å². The molecule has 0 aliphatic rings. The van der Waals surface area contributed by atoms with E-state index in [0.717, 1.165) is 5.56 Å². The molecule has 0 nitrogen and oxygen atoms in total. The molecule has 1 atom stereocenters. The molecule has 0 bridgehead atoms. The second kappa shape index (κ2) is 4.18. The van der Waals surface area contributed by atoms with E-state index in [1.807, 2.05) is 19.1 Å². The highest BCUT2D eigenvalue weighted by atomic mass is 19.1. The van der Waals surface area contributed by atoms with Gasteiger partial charge in [0.15, 0.2) is 0 Å². The van der Waals surface area contributed by atoms with E-state index >= 15 is 0 Å². The number of allylic oxidation sites excluding steroid dienone is 1. The zero-order chi connectivity index (χ0) is 11.6. The molecule has 0 aromatic heterocycles. The van der Waals surface area contributed by atoms with Crippen molar-refractivity contribution in [2.75, 3.05) is 0 Å². The Morgan fingerprint density at radius 2 is 1.93 bits per heavy atom. The first-order chi connectivity index (χ1) is 6.86. The smallest absolute Gasteiger partial charge is 0.123 e. The van der Waals surface area contributed by atoms with Gasteiger partial charge in [0.05, 0.1) is 0 Å². The Kier molecular flexibility index (Phi) is 3.33. The van der Waals surface area contributed by atoms with Crippen LogP contribution in [0.25, 0.3) is 0 Å². The summed E-state index contributed by atoms with van der Waals surface area (Å²) in [5.41, 5.74) is 2.27. The molecule has 0 saturated carbocycles. The maximum Gasteiger partial charge on any atom is 0.123 e. The average Bonchev–Trinajstić information content (AvgIpc) is 2.14. The molecule has 0 aliphatic carbocycles. The summed E-state index contributed by atoms with van der Waals surface area (Å²) in [6.45, 7) is 12.2. The van der Waals surface area contributed by atoms with Crippen molar-refractivity contribution in [3.8, 4) is 0 Å². The SMILES string of the molecule is C=CC(C)c1cc(F)ccc1C(C)(C)C. The lowest BCUT2D eigenvalue weighted by atomic mass is 9.80. The van der Waals surface area contributed by atoms with Gasteiger partial charge >= 0.3 is 0 Å². The minimum atomic E-state index is -0.174. The van der Waals surface area contributed by atoms with Crippen molar-refractivity contribution in [1.82, 2.24) is 0 Å². The zero-order valence-electron chi connectivity index (χ0n) is 9.97. The van der Waals surface area contributed by atoms with Crippen molar-refractivity contribution < 1.29 is 4.39 Å². The lowest BCUT2D eigenvalue weighted by Crippen LogP contribution is -2.15. The van der Waals surface area contributed by atoms with Crippen LogP contribution in [0.3, 0.4) is 0 Å². The van der Waals surface area contributed by atoms with Crippen LogP contribution in [0.4, 0.5) is 4.39 Å². The molecule has 0 aliphatic heterocycles. The van der Waals surface area contributed by atoms with Crippen molar-refractivity contribution in [2.45, 2.75) is 39.0 Å². The van der Waals surface area contributed by atoms with E-state index in [9.17, 15) is 4.39 Å². The Morgan fingerprint density at radius 1 is 1.33 bits per heavy atom. The van der Waals surface area contributed by atoms with E-state index < -0.39 is 0 Å². The number of rotatable bonds is 2. The highest BCUT2D eigenvalue weighted by Gasteiger charge is 2.20. The third-order valence-corrected chi connectivity index (χ3v) is 2.67. The molecule has 15 heavy (non-hydrogen) atoms. The van der Waals surface area contributed by atoms with Gasteiger partial charge in [-0.3, -0.25) is 0 Å². The zero-order valence-corrected chi connectivity index (χ0v) is 9.97. The first-order valence-electron chi connectivity index (χ1n) is 5.28. The molecule has 1 aromatic rings. The molecule has 0 spiro atoms. The molecule has 1 rings (SSSR count). The maximum atomic E-state index is 13.2. The molecule has 0 fully saturated rings. The third-order valence-electron chi connectivity index (χ3n) is 2.67. The molecule has 0 amide bonds. The van der Waals surface area contributed by atoms with Crippen molar-refractivity contribution >= 4 is 0 Å². The number of hydrogen-bond acceptors (Lipinski definition) is 0. The predicted octanol–water partition coefficient (Wildman–Crippen LogP) is 4.41. The molecular weight excluding hydrogens is 187 g/mol. The van der Waals surface area contributed by atoms with Gasteiger partial charge in [0, 0.05) is 0 Å². The van der Waals surface area contributed by atoms with Crippen molar-refractivity contribution in [3.05, 3.63) is 47.8 Å². The highest BCUT2D eigenvalue weighted by Crippen LogP contribution is 2.31. The normalized spacial score (nSPS) is 13.7. The van der Waals surface area contributed by atoms with Crippen molar-refractivity contribution in [1.29, 1.82) is 0 Å².